The molecular formula is C14H21BrN2O. The van der Waals surface area contributed by atoms with E-state index in [1.54, 1.807) is 27.1 Å². The van der Waals surface area contributed by atoms with Crippen LogP contribution in [0, 0.1) is 0 Å². The molecule has 0 radical (unpaired) electrons. The second kappa shape index (κ2) is 8.86. The second-order valence-corrected chi connectivity index (χ2v) is 4.56. The third-order valence-corrected chi connectivity index (χ3v) is 2.54. The zero-order chi connectivity index (χ0) is 14.1. The summed E-state index contributed by atoms with van der Waals surface area (Å²) in [6.07, 6.45) is 6.57. The molecule has 0 rings (SSSR count). The van der Waals surface area contributed by atoms with Crippen molar-refractivity contribution in [2.24, 2.45) is 4.99 Å². The first-order valence-corrected chi connectivity index (χ1v) is 6.96. The van der Waals surface area contributed by atoms with Crippen LogP contribution < -0.4 is 0 Å². The molecule has 3 nitrogen and oxygen atoms in total. The predicted molar refractivity (Wildman–Crippen MR) is 82.3 cm³/mol. The number of nitrogens with zero attached hydrogens (tertiary/aromatic N) is 2. The van der Waals surface area contributed by atoms with Gasteiger partial charge in [-0.2, -0.15) is 0 Å². The molecule has 0 bridgehead atoms. The van der Waals surface area contributed by atoms with Crippen LogP contribution in [0.4, 0.5) is 0 Å². The van der Waals surface area contributed by atoms with Crippen LogP contribution in [-0.2, 0) is 4.79 Å². The van der Waals surface area contributed by atoms with E-state index in [2.05, 4.69) is 27.5 Å². The highest BCUT2D eigenvalue weighted by Crippen LogP contribution is 2.15. The maximum Gasteiger partial charge on any atom is 0.267 e. The molecule has 0 spiro atoms. The van der Waals surface area contributed by atoms with E-state index in [0.29, 0.717) is 5.71 Å². The van der Waals surface area contributed by atoms with Gasteiger partial charge in [0.15, 0.2) is 0 Å². The molecule has 0 fully saturated rings. The summed E-state index contributed by atoms with van der Waals surface area (Å²) >= 11 is 3.35. The van der Waals surface area contributed by atoms with Crippen LogP contribution in [0.15, 0.2) is 41.1 Å². The molecule has 0 N–H and O–H groups in total. The number of halogens is 1. The Balaban J connectivity index is 5.35. The Hall–Kier alpha value is -1.16. The molecule has 0 aliphatic rings. The fraction of sp³-hybridized carbons (Fsp3) is 0.429. The first kappa shape index (κ1) is 16.8. The summed E-state index contributed by atoms with van der Waals surface area (Å²) < 4.78 is 0. The highest BCUT2D eigenvalue weighted by atomic mass is 79.9. The van der Waals surface area contributed by atoms with Gasteiger partial charge in [0.05, 0.1) is 5.70 Å². The normalized spacial score (nSPS) is 13.5. The lowest BCUT2D eigenvalue weighted by Gasteiger charge is -2.11. The molecule has 0 aromatic heterocycles. The van der Waals surface area contributed by atoms with E-state index in [1.807, 2.05) is 19.1 Å². The van der Waals surface area contributed by atoms with Gasteiger partial charge in [0.25, 0.3) is 5.91 Å². The lowest BCUT2D eigenvalue weighted by Crippen LogP contribution is -2.28. The molecule has 0 aliphatic carbocycles. The number of amides is 1. The SMILES string of the molecule is C=CC(=C/CBr)/C(=C\CC)N=C(C)C(=O)N(C)C. The zero-order valence-corrected chi connectivity index (χ0v) is 13.1. The Morgan fingerprint density at radius 2 is 2.00 bits per heavy atom. The first-order valence-electron chi connectivity index (χ1n) is 5.83. The molecule has 0 saturated heterocycles. The number of hydrogen-bond acceptors (Lipinski definition) is 2. The van der Waals surface area contributed by atoms with Gasteiger partial charge < -0.3 is 4.90 Å². The monoisotopic (exact) mass is 312 g/mol. The van der Waals surface area contributed by atoms with E-state index in [9.17, 15) is 4.79 Å². The van der Waals surface area contributed by atoms with Crippen molar-refractivity contribution in [1.29, 1.82) is 0 Å². The number of aliphatic imine (C=N–C) groups is 1. The van der Waals surface area contributed by atoms with E-state index in [0.717, 1.165) is 23.0 Å². The van der Waals surface area contributed by atoms with Crippen LogP contribution in [-0.4, -0.2) is 35.9 Å². The van der Waals surface area contributed by atoms with Gasteiger partial charge in [-0.3, -0.25) is 4.79 Å². The molecule has 0 aromatic carbocycles. The van der Waals surface area contributed by atoms with Crippen molar-refractivity contribution in [1.82, 2.24) is 4.90 Å². The summed E-state index contributed by atoms with van der Waals surface area (Å²) in [4.78, 5) is 17.7. The highest BCUT2D eigenvalue weighted by Gasteiger charge is 2.09. The topological polar surface area (TPSA) is 32.7 Å². The van der Waals surface area contributed by atoms with Gasteiger partial charge in [0.2, 0.25) is 0 Å². The van der Waals surface area contributed by atoms with Gasteiger partial charge in [-0.1, -0.05) is 47.7 Å². The summed E-state index contributed by atoms with van der Waals surface area (Å²) in [5, 5.41) is 0.728. The van der Waals surface area contributed by atoms with Crippen molar-refractivity contribution in [2.75, 3.05) is 19.4 Å². The van der Waals surface area contributed by atoms with Gasteiger partial charge in [0, 0.05) is 19.4 Å². The number of hydrogen-bond donors (Lipinski definition) is 0. The lowest BCUT2D eigenvalue weighted by atomic mass is 10.1. The Morgan fingerprint density at radius 1 is 1.39 bits per heavy atom. The van der Waals surface area contributed by atoms with Gasteiger partial charge in [-0.15, -0.1) is 0 Å². The van der Waals surface area contributed by atoms with E-state index < -0.39 is 0 Å². The third kappa shape index (κ3) is 5.45. The molecule has 18 heavy (non-hydrogen) atoms. The van der Waals surface area contributed by atoms with Gasteiger partial charge in [0.1, 0.15) is 5.71 Å². The summed E-state index contributed by atoms with van der Waals surface area (Å²) in [6.45, 7) is 7.53. The van der Waals surface area contributed by atoms with Crippen LogP contribution in [0.3, 0.4) is 0 Å². The Kier molecular flexibility index (Phi) is 8.29. The molecule has 0 aliphatic heterocycles. The summed E-state index contributed by atoms with van der Waals surface area (Å²) in [5.41, 5.74) is 2.20. The van der Waals surface area contributed by atoms with Crippen molar-refractivity contribution in [2.45, 2.75) is 20.3 Å². The molecular weight excluding hydrogens is 292 g/mol. The lowest BCUT2D eigenvalue weighted by molar-refractivity contribution is -0.121. The third-order valence-electron chi connectivity index (χ3n) is 2.21. The summed E-state index contributed by atoms with van der Waals surface area (Å²) in [7, 11) is 3.43. The van der Waals surface area contributed by atoms with Crippen LogP contribution in [0.1, 0.15) is 20.3 Å². The minimum absolute atomic E-state index is 0.0840. The average molecular weight is 313 g/mol. The van der Waals surface area contributed by atoms with E-state index in [4.69, 9.17) is 0 Å². The van der Waals surface area contributed by atoms with Crippen molar-refractivity contribution in [3.63, 3.8) is 0 Å². The van der Waals surface area contributed by atoms with Crippen molar-refractivity contribution < 1.29 is 4.79 Å². The van der Waals surface area contributed by atoms with Crippen LogP contribution in [0.2, 0.25) is 0 Å². The Morgan fingerprint density at radius 3 is 2.39 bits per heavy atom. The summed E-state index contributed by atoms with van der Waals surface area (Å²) in [6, 6.07) is 0. The molecule has 4 heteroatoms. The second-order valence-electron chi connectivity index (χ2n) is 3.91. The Bertz CT molecular complexity index is 393. The van der Waals surface area contributed by atoms with Crippen molar-refractivity contribution in [3.8, 4) is 0 Å². The van der Waals surface area contributed by atoms with E-state index >= 15 is 0 Å². The molecule has 0 unspecified atom stereocenters. The highest BCUT2D eigenvalue weighted by molar-refractivity contribution is 9.09. The number of alkyl halides is 1. The van der Waals surface area contributed by atoms with Crippen LogP contribution >= 0.6 is 15.9 Å². The van der Waals surface area contributed by atoms with Gasteiger partial charge >= 0.3 is 0 Å². The minimum Gasteiger partial charge on any atom is -0.344 e. The molecule has 0 heterocycles. The fourth-order valence-corrected chi connectivity index (χ4v) is 1.70. The number of rotatable bonds is 6. The van der Waals surface area contributed by atoms with Crippen molar-refractivity contribution in [3.05, 3.63) is 36.1 Å². The van der Waals surface area contributed by atoms with E-state index in [-0.39, 0.29) is 5.91 Å². The molecule has 1 amide bonds. The zero-order valence-electron chi connectivity index (χ0n) is 11.5. The maximum absolute atomic E-state index is 11.8. The quantitative estimate of drug-likeness (QED) is 0.420. The van der Waals surface area contributed by atoms with Crippen molar-refractivity contribution >= 4 is 27.5 Å². The number of carbonyl (C=O) groups excluding carboxylic acids is 1. The largest absolute Gasteiger partial charge is 0.344 e. The molecule has 0 saturated carbocycles. The van der Waals surface area contributed by atoms with Crippen LogP contribution in [0.5, 0.6) is 0 Å². The molecule has 0 aromatic rings. The summed E-state index contributed by atoms with van der Waals surface area (Å²) in [5.74, 6) is -0.0840. The van der Waals surface area contributed by atoms with Crippen LogP contribution in [0.25, 0.3) is 0 Å². The van der Waals surface area contributed by atoms with E-state index in [1.165, 1.54) is 4.90 Å². The first-order chi connectivity index (χ1) is 8.47. The van der Waals surface area contributed by atoms with Gasteiger partial charge in [-0.25, -0.2) is 4.99 Å². The predicted octanol–water partition coefficient (Wildman–Crippen LogP) is 3.34. The minimum atomic E-state index is -0.0840. The Labute approximate surface area is 118 Å². The fourth-order valence-electron chi connectivity index (χ4n) is 1.35. The average Bonchev–Trinajstić information content (AvgIpc) is 2.34. The smallest absolute Gasteiger partial charge is 0.267 e. The number of carbonyl (C=O) groups is 1. The molecule has 0 atom stereocenters. The molecule has 100 valence electrons. The van der Waals surface area contributed by atoms with Gasteiger partial charge in [-0.05, 0) is 18.9 Å². The standard InChI is InChI=1S/C14H21BrN2O/c1-6-8-13(12(7-2)9-10-15)16-11(3)14(18)17(4)5/h7-9H,2,6,10H2,1,3-5H3/b12-9-,13-8+,16-11?. The number of allylic oxidation sites excluding steroid dienone is 3. The maximum atomic E-state index is 11.8.